The lowest BCUT2D eigenvalue weighted by Crippen LogP contribution is -2.52. The minimum Gasteiger partial charge on any atom is -0.478 e. The number of rotatable bonds is 5. The predicted molar refractivity (Wildman–Crippen MR) is 92.1 cm³/mol. The highest BCUT2D eigenvalue weighted by atomic mass is 16.5. The first kappa shape index (κ1) is 16.5. The third kappa shape index (κ3) is 4.32. The molecule has 1 aromatic heterocycles. The van der Waals surface area contributed by atoms with Gasteiger partial charge in [-0.05, 0) is 33.4 Å². The highest BCUT2D eigenvalue weighted by molar-refractivity contribution is 5.41. The molecule has 0 aromatic carbocycles. The maximum atomic E-state index is 5.48. The van der Waals surface area contributed by atoms with Gasteiger partial charge in [0.1, 0.15) is 12.1 Å². The Kier molecular flexibility index (Phi) is 5.67. The summed E-state index contributed by atoms with van der Waals surface area (Å²) in [6.07, 6.45) is 5.69. The van der Waals surface area contributed by atoms with Crippen LogP contribution in [0.5, 0.6) is 5.88 Å². The summed E-state index contributed by atoms with van der Waals surface area (Å²) >= 11 is 0. The Morgan fingerprint density at radius 2 is 1.96 bits per heavy atom. The van der Waals surface area contributed by atoms with Crippen LogP contribution in [0.4, 0.5) is 5.82 Å². The number of piperidine rings is 1. The molecule has 1 atom stereocenters. The lowest BCUT2D eigenvalue weighted by atomic mass is 10.0. The van der Waals surface area contributed by atoms with Gasteiger partial charge in [0.05, 0.1) is 6.61 Å². The van der Waals surface area contributed by atoms with Crippen LogP contribution in [0.2, 0.25) is 0 Å². The van der Waals surface area contributed by atoms with E-state index in [0.717, 1.165) is 38.0 Å². The Hall–Kier alpha value is -1.40. The Balaban J connectivity index is 1.51. The van der Waals surface area contributed by atoms with E-state index in [9.17, 15) is 0 Å². The van der Waals surface area contributed by atoms with Gasteiger partial charge < -0.3 is 14.5 Å². The van der Waals surface area contributed by atoms with Gasteiger partial charge in [0.15, 0.2) is 0 Å². The number of anilines is 1. The van der Waals surface area contributed by atoms with E-state index in [1.54, 1.807) is 6.33 Å². The molecule has 0 amide bonds. The molecule has 0 radical (unpaired) electrons. The van der Waals surface area contributed by atoms with Gasteiger partial charge >= 0.3 is 0 Å². The lowest BCUT2D eigenvalue weighted by Gasteiger charge is -2.40. The molecule has 6 nitrogen and oxygen atoms in total. The van der Waals surface area contributed by atoms with Gasteiger partial charge in [-0.15, -0.1) is 0 Å². The average Bonchev–Trinajstić information content (AvgIpc) is 2.58. The number of nitrogens with zero attached hydrogens (tertiary/aromatic N) is 5. The molecule has 0 N–H and O–H groups in total. The van der Waals surface area contributed by atoms with Crippen LogP contribution in [0, 0.1) is 0 Å². The second-order valence-electron chi connectivity index (χ2n) is 6.57. The highest BCUT2D eigenvalue weighted by Crippen LogP contribution is 2.20. The highest BCUT2D eigenvalue weighted by Gasteiger charge is 2.24. The molecule has 2 saturated heterocycles. The van der Waals surface area contributed by atoms with Crippen LogP contribution >= 0.6 is 0 Å². The smallest absolute Gasteiger partial charge is 0.218 e. The minimum atomic E-state index is 0.638. The summed E-state index contributed by atoms with van der Waals surface area (Å²) in [6, 6.07) is 2.69. The summed E-state index contributed by atoms with van der Waals surface area (Å²) in [4.78, 5) is 16.0. The number of ether oxygens (including phenoxy) is 1. The van der Waals surface area contributed by atoms with Crippen molar-refractivity contribution in [2.24, 2.45) is 0 Å². The van der Waals surface area contributed by atoms with Crippen molar-refractivity contribution in [2.45, 2.75) is 32.2 Å². The second-order valence-corrected chi connectivity index (χ2v) is 6.57. The van der Waals surface area contributed by atoms with Gasteiger partial charge in [-0.1, -0.05) is 6.42 Å². The van der Waals surface area contributed by atoms with Crippen molar-refractivity contribution in [3.05, 3.63) is 12.4 Å². The third-order valence-corrected chi connectivity index (χ3v) is 5.01. The topological polar surface area (TPSA) is 44.7 Å². The van der Waals surface area contributed by atoms with E-state index < -0.39 is 0 Å². The molecule has 128 valence electrons. The van der Waals surface area contributed by atoms with E-state index in [4.69, 9.17) is 4.74 Å². The molecule has 1 unspecified atom stereocenters. The lowest BCUT2D eigenvalue weighted by molar-refractivity contribution is 0.124. The number of hydrogen-bond acceptors (Lipinski definition) is 6. The Morgan fingerprint density at radius 1 is 1.13 bits per heavy atom. The SMILES string of the molecule is CCOc1cc(N2CCN(CC3CCCCN3C)CC2)ncn1. The zero-order valence-electron chi connectivity index (χ0n) is 14.4. The van der Waals surface area contributed by atoms with Crippen molar-refractivity contribution < 1.29 is 4.74 Å². The minimum absolute atomic E-state index is 0.638. The molecule has 3 rings (SSSR count). The van der Waals surface area contributed by atoms with Gasteiger partial charge in [0.2, 0.25) is 5.88 Å². The van der Waals surface area contributed by atoms with Crippen molar-refractivity contribution in [3.63, 3.8) is 0 Å². The Bertz CT molecular complexity index is 490. The Labute approximate surface area is 139 Å². The standard InChI is InChI=1S/C17H29N5O/c1-3-23-17-12-16(18-14-19-17)22-10-8-21(9-11-22)13-15-6-4-5-7-20(15)2/h12,14-15H,3-11,13H2,1-2H3. The number of hydrogen-bond donors (Lipinski definition) is 0. The summed E-state index contributed by atoms with van der Waals surface area (Å²) in [7, 11) is 2.27. The Morgan fingerprint density at radius 3 is 2.70 bits per heavy atom. The molecule has 2 aliphatic rings. The second kappa shape index (κ2) is 7.93. The maximum Gasteiger partial charge on any atom is 0.218 e. The van der Waals surface area contributed by atoms with Crippen molar-refractivity contribution >= 4 is 5.82 Å². The molecular formula is C17H29N5O. The largest absolute Gasteiger partial charge is 0.478 e. The molecule has 0 aliphatic carbocycles. The van der Waals surface area contributed by atoms with Gasteiger partial charge in [-0.2, -0.15) is 0 Å². The zero-order valence-corrected chi connectivity index (χ0v) is 14.4. The van der Waals surface area contributed by atoms with Crippen molar-refractivity contribution in [2.75, 3.05) is 57.8 Å². The number of likely N-dealkylation sites (tertiary alicyclic amines) is 1. The summed E-state index contributed by atoms with van der Waals surface area (Å²) in [5, 5.41) is 0. The molecule has 0 spiro atoms. The van der Waals surface area contributed by atoms with Gasteiger partial charge in [-0.3, -0.25) is 4.90 Å². The van der Waals surface area contributed by atoms with Gasteiger partial charge in [-0.25, -0.2) is 9.97 Å². The fourth-order valence-corrected chi connectivity index (χ4v) is 3.56. The molecule has 0 bridgehead atoms. The van der Waals surface area contributed by atoms with Gasteiger partial charge in [0.25, 0.3) is 0 Å². The number of likely N-dealkylation sites (N-methyl/N-ethyl adjacent to an activating group) is 1. The van der Waals surface area contributed by atoms with Crippen LogP contribution in [0.25, 0.3) is 0 Å². The van der Waals surface area contributed by atoms with Crippen molar-refractivity contribution in [3.8, 4) is 5.88 Å². The zero-order chi connectivity index (χ0) is 16.1. The van der Waals surface area contributed by atoms with Crippen LogP contribution in [0.3, 0.4) is 0 Å². The van der Waals surface area contributed by atoms with Gasteiger partial charge in [0, 0.05) is 44.8 Å². The van der Waals surface area contributed by atoms with E-state index in [2.05, 4.69) is 31.7 Å². The molecule has 1 aromatic rings. The first-order valence-electron chi connectivity index (χ1n) is 8.88. The number of piperazine rings is 1. The molecule has 2 fully saturated rings. The quantitative estimate of drug-likeness (QED) is 0.819. The molecule has 2 aliphatic heterocycles. The molecule has 6 heteroatoms. The van der Waals surface area contributed by atoms with E-state index in [1.807, 2.05) is 13.0 Å². The van der Waals surface area contributed by atoms with Crippen LogP contribution in [-0.4, -0.2) is 78.7 Å². The van der Waals surface area contributed by atoms with E-state index in [1.165, 1.54) is 32.4 Å². The fourth-order valence-electron chi connectivity index (χ4n) is 3.56. The third-order valence-electron chi connectivity index (χ3n) is 5.01. The summed E-state index contributed by atoms with van der Waals surface area (Å²) in [5.74, 6) is 1.65. The fraction of sp³-hybridized carbons (Fsp3) is 0.765. The van der Waals surface area contributed by atoms with Crippen LogP contribution < -0.4 is 9.64 Å². The molecule has 3 heterocycles. The summed E-state index contributed by atoms with van der Waals surface area (Å²) in [5.41, 5.74) is 0. The average molecular weight is 319 g/mol. The van der Waals surface area contributed by atoms with Crippen LogP contribution in [0.1, 0.15) is 26.2 Å². The predicted octanol–water partition coefficient (Wildman–Crippen LogP) is 1.48. The van der Waals surface area contributed by atoms with E-state index in [0.29, 0.717) is 12.5 Å². The maximum absolute atomic E-state index is 5.48. The van der Waals surface area contributed by atoms with Crippen molar-refractivity contribution in [1.82, 2.24) is 19.8 Å². The first-order valence-corrected chi connectivity index (χ1v) is 8.88. The molecule has 23 heavy (non-hydrogen) atoms. The molecule has 0 saturated carbocycles. The number of aromatic nitrogens is 2. The summed E-state index contributed by atoms with van der Waals surface area (Å²) < 4.78 is 5.48. The van der Waals surface area contributed by atoms with Crippen molar-refractivity contribution in [1.29, 1.82) is 0 Å². The normalized spacial score (nSPS) is 23.9. The van der Waals surface area contributed by atoms with E-state index in [-0.39, 0.29) is 0 Å². The molecular weight excluding hydrogens is 290 g/mol. The first-order chi connectivity index (χ1) is 11.3. The van der Waals surface area contributed by atoms with Crippen LogP contribution in [-0.2, 0) is 0 Å². The van der Waals surface area contributed by atoms with Crippen LogP contribution in [0.15, 0.2) is 12.4 Å². The summed E-state index contributed by atoms with van der Waals surface area (Å²) in [6.45, 7) is 9.35. The monoisotopic (exact) mass is 319 g/mol. The van der Waals surface area contributed by atoms with E-state index >= 15 is 0 Å².